The van der Waals surface area contributed by atoms with E-state index in [1.54, 1.807) is 17.0 Å². The molecule has 1 saturated carbocycles. The van der Waals surface area contributed by atoms with Crippen LogP contribution in [0, 0.1) is 5.82 Å². The fraction of sp³-hybridized carbons (Fsp3) is 0.412. The summed E-state index contributed by atoms with van der Waals surface area (Å²) in [5, 5.41) is 10.5. The minimum Gasteiger partial charge on any atom is -0.320 e. The van der Waals surface area contributed by atoms with E-state index >= 15 is 0 Å². The van der Waals surface area contributed by atoms with E-state index in [4.69, 9.17) is 0 Å². The highest BCUT2D eigenvalue weighted by Crippen LogP contribution is 2.38. The summed E-state index contributed by atoms with van der Waals surface area (Å²) in [4.78, 5) is 14.3. The van der Waals surface area contributed by atoms with Gasteiger partial charge in [0, 0.05) is 35.8 Å². The number of H-pyrrole nitrogens is 1. The molecule has 126 valence electrons. The van der Waals surface area contributed by atoms with Crippen LogP contribution >= 0.6 is 15.9 Å². The van der Waals surface area contributed by atoms with E-state index in [2.05, 4.69) is 31.4 Å². The normalized spacial score (nSPS) is 17.3. The topological polar surface area (TPSA) is 61.0 Å². The van der Waals surface area contributed by atoms with Crippen molar-refractivity contribution in [3.63, 3.8) is 0 Å². The highest BCUT2D eigenvalue weighted by molar-refractivity contribution is 9.10. The Hall–Kier alpha value is -1.89. The summed E-state index contributed by atoms with van der Waals surface area (Å²) in [7, 11) is 0. The van der Waals surface area contributed by atoms with Gasteiger partial charge in [-0.2, -0.15) is 5.10 Å². The molecule has 0 radical (unpaired) electrons. The molecule has 1 aromatic carbocycles. The summed E-state index contributed by atoms with van der Waals surface area (Å²) >= 11 is 3.14. The Labute approximate surface area is 147 Å². The molecule has 1 fully saturated rings. The quantitative estimate of drug-likeness (QED) is 0.805. The van der Waals surface area contributed by atoms with Crippen LogP contribution in [0.4, 0.5) is 14.9 Å². The molecule has 0 saturated heterocycles. The monoisotopic (exact) mass is 392 g/mol. The Bertz CT molecular complexity index is 787. The first-order valence-corrected chi connectivity index (χ1v) is 8.98. The number of aromatic nitrogens is 2. The third-order valence-electron chi connectivity index (χ3n) is 4.92. The predicted molar refractivity (Wildman–Crippen MR) is 92.4 cm³/mol. The summed E-state index contributed by atoms with van der Waals surface area (Å²) in [5.74, 6) is 0.195. The van der Waals surface area contributed by atoms with Gasteiger partial charge in [-0.15, -0.1) is 0 Å². The van der Waals surface area contributed by atoms with E-state index in [0.717, 1.165) is 17.8 Å². The third-order valence-corrected chi connectivity index (χ3v) is 5.52. The van der Waals surface area contributed by atoms with Crippen LogP contribution in [0.1, 0.15) is 42.1 Å². The molecule has 0 bridgehead atoms. The van der Waals surface area contributed by atoms with Crippen molar-refractivity contribution in [3.05, 3.63) is 45.4 Å². The summed E-state index contributed by atoms with van der Waals surface area (Å²) < 4.78 is 13.6. The van der Waals surface area contributed by atoms with Crippen molar-refractivity contribution in [1.82, 2.24) is 15.1 Å². The average Bonchev–Trinajstić information content (AvgIpc) is 2.92. The van der Waals surface area contributed by atoms with Gasteiger partial charge in [-0.3, -0.25) is 5.10 Å². The van der Waals surface area contributed by atoms with E-state index < -0.39 is 0 Å². The zero-order valence-electron chi connectivity index (χ0n) is 13.1. The average molecular weight is 393 g/mol. The maximum Gasteiger partial charge on any atom is 0.322 e. The SMILES string of the molecule is O=C(Nc1ccc(F)c(Br)c1)N1CCc2[nH]nc(C3CCC3)c2C1. The molecule has 0 spiro atoms. The molecule has 0 unspecified atom stereocenters. The van der Waals surface area contributed by atoms with Gasteiger partial charge >= 0.3 is 6.03 Å². The number of anilines is 1. The van der Waals surface area contributed by atoms with E-state index in [1.807, 2.05) is 0 Å². The molecular weight excluding hydrogens is 375 g/mol. The molecule has 7 heteroatoms. The molecule has 2 heterocycles. The number of halogens is 2. The van der Waals surface area contributed by atoms with Crippen molar-refractivity contribution in [2.75, 3.05) is 11.9 Å². The minimum atomic E-state index is -0.348. The summed E-state index contributed by atoms with van der Waals surface area (Å²) in [6.45, 7) is 1.22. The predicted octanol–water partition coefficient (Wildman–Crippen LogP) is 4.17. The first kappa shape index (κ1) is 15.6. The largest absolute Gasteiger partial charge is 0.322 e. The van der Waals surface area contributed by atoms with Crippen LogP contribution in [-0.2, 0) is 13.0 Å². The van der Waals surface area contributed by atoms with Crippen LogP contribution in [0.5, 0.6) is 0 Å². The second-order valence-corrected chi connectivity index (χ2v) is 7.28. The summed E-state index contributed by atoms with van der Waals surface area (Å²) in [6.07, 6.45) is 4.42. The lowest BCUT2D eigenvalue weighted by Crippen LogP contribution is -2.39. The van der Waals surface area contributed by atoms with Crippen molar-refractivity contribution < 1.29 is 9.18 Å². The Balaban J connectivity index is 1.48. The summed E-state index contributed by atoms with van der Waals surface area (Å²) in [6, 6.07) is 4.30. The van der Waals surface area contributed by atoms with Gasteiger partial charge in [0.05, 0.1) is 16.7 Å². The zero-order chi connectivity index (χ0) is 16.7. The van der Waals surface area contributed by atoms with Crippen LogP contribution < -0.4 is 5.32 Å². The smallest absolute Gasteiger partial charge is 0.320 e. The molecule has 1 aliphatic heterocycles. The maximum absolute atomic E-state index is 13.3. The number of carbonyl (C=O) groups excluding carboxylic acids is 1. The molecule has 24 heavy (non-hydrogen) atoms. The molecule has 2 aromatic rings. The number of amides is 2. The van der Waals surface area contributed by atoms with Crippen molar-refractivity contribution in [3.8, 4) is 0 Å². The number of nitrogens with one attached hydrogen (secondary N) is 2. The number of hydrogen-bond donors (Lipinski definition) is 2. The highest BCUT2D eigenvalue weighted by Gasteiger charge is 2.30. The summed E-state index contributed by atoms with van der Waals surface area (Å²) in [5.41, 5.74) is 4.05. The van der Waals surface area contributed by atoms with Crippen LogP contribution in [0.2, 0.25) is 0 Å². The number of benzene rings is 1. The molecule has 5 nitrogen and oxygen atoms in total. The molecule has 4 rings (SSSR count). The number of nitrogens with zero attached hydrogens (tertiary/aromatic N) is 2. The molecule has 2 amide bonds. The van der Waals surface area contributed by atoms with Gasteiger partial charge in [0.25, 0.3) is 0 Å². The Morgan fingerprint density at radius 1 is 1.42 bits per heavy atom. The number of carbonyl (C=O) groups is 1. The number of aromatic amines is 1. The number of rotatable bonds is 2. The number of fused-ring (bicyclic) bond motifs is 1. The van der Waals surface area contributed by atoms with E-state index in [-0.39, 0.29) is 11.8 Å². The molecule has 1 aromatic heterocycles. The van der Waals surface area contributed by atoms with Gasteiger partial charge < -0.3 is 10.2 Å². The number of urea groups is 1. The zero-order valence-corrected chi connectivity index (χ0v) is 14.7. The maximum atomic E-state index is 13.3. The van der Waals surface area contributed by atoms with Crippen molar-refractivity contribution in [1.29, 1.82) is 0 Å². The minimum absolute atomic E-state index is 0.167. The first-order chi connectivity index (χ1) is 11.6. The highest BCUT2D eigenvalue weighted by atomic mass is 79.9. The van der Waals surface area contributed by atoms with Gasteiger partial charge in [0.1, 0.15) is 5.82 Å². The second-order valence-electron chi connectivity index (χ2n) is 6.42. The lowest BCUT2D eigenvalue weighted by molar-refractivity contribution is 0.205. The number of hydrogen-bond acceptors (Lipinski definition) is 2. The first-order valence-electron chi connectivity index (χ1n) is 8.19. The molecule has 2 N–H and O–H groups in total. The Morgan fingerprint density at radius 2 is 2.25 bits per heavy atom. The van der Waals surface area contributed by atoms with E-state index in [1.165, 1.54) is 30.9 Å². The van der Waals surface area contributed by atoms with Crippen molar-refractivity contribution in [2.45, 2.75) is 38.1 Å². The van der Waals surface area contributed by atoms with Gasteiger partial charge in [0.15, 0.2) is 0 Å². The fourth-order valence-corrected chi connectivity index (χ4v) is 3.67. The standard InChI is InChI=1S/C17H18BrFN4O/c18-13-8-11(4-5-14(13)19)20-17(24)23-7-6-15-12(9-23)16(22-21-15)10-2-1-3-10/h4-5,8,10H,1-3,6-7,9H2,(H,20,24)(H,21,22). The van der Waals surface area contributed by atoms with E-state index in [9.17, 15) is 9.18 Å². The van der Waals surface area contributed by atoms with Crippen LogP contribution in [0.25, 0.3) is 0 Å². The molecule has 0 atom stereocenters. The second kappa shape index (κ2) is 6.20. The van der Waals surface area contributed by atoms with E-state index in [0.29, 0.717) is 29.2 Å². The van der Waals surface area contributed by atoms with Gasteiger partial charge in [-0.05, 0) is 47.0 Å². The van der Waals surface area contributed by atoms with Gasteiger partial charge in [-0.1, -0.05) is 6.42 Å². The van der Waals surface area contributed by atoms with Crippen molar-refractivity contribution >= 4 is 27.6 Å². The van der Waals surface area contributed by atoms with Crippen LogP contribution in [0.15, 0.2) is 22.7 Å². The molecule has 2 aliphatic rings. The Kier molecular flexibility index (Phi) is 4.04. The van der Waals surface area contributed by atoms with Crippen LogP contribution in [-0.4, -0.2) is 27.7 Å². The van der Waals surface area contributed by atoms with Gasteiger partial charge in [0.2, 0.25) is 0 Å². The van der Waals surface area contributed by atoms with Crippen molar-refractivity contribution in [2.24, 2.45) is 0 Å². The fourth-order valence-electron chi connectivity index (χ4n) is 3.29. The van der Waals surface area contributed by atoms with Crippen LogP contribution in [0.3, 0.4) is 0 Å². The lowest BCUT2D eigenvalue weighted by Gasteiger charge is -2.30. The molecule has 1 aliphatic carbocycles. The third kappa shape index (κ3) is 2.81. The Morgan fingerprint density at radius 3 is 2.96 bits per heavy atom. The lowest BCUT2D eigenvalue weighted by atomic mass is 9.81. The van der Waals surface area contributed by atoms with Gasteiger partial charge in [-0.25, -0.2) is 9.18 Å². The molecular formula is C17H18BrFN4O.